The lowest BCUT2D eigenvalue weighted by Gasteiger charge is -2.16. The molecule has 34 heavy (non-hydrogen) atoms. The second-order valence-corrected chi connectivity index (χ2v) is 8.33. The van der Waals surface area contributed by atoms with Crippen LogP contribution in [0.25, 0.3) is 11.1 Å². The second-order valence-electron chi connectivity index (χ2n) is 8.33. The van der Waals surface area contributed by atoms with Gasteiger partial charge in [0.25, 0.3) is 5.91 Å². The van der Waals surface area contributed by atoms with Gasteiger partial charge in [-0.1, -0.05) is 48.5 Å². The van der Waals surface area contributed by atoms with Gasteiger partial charge in [0, 0.05) is 12.0 Å². The van der Waals surface area contributed by atoms with E-state index < -0.39 is 29.9 Å². The van der Waals surface area contributed by atoms with Crippen LogP contribution in [0, 0.1) is 5.92 Å². The lowest BCUT2D eigenvalue weighted by atomic mass is 9.98. The molecule has 1 aliphatic carbocycles. The van der Waals surface area contributed by atoms with Crippen LogP contribution >= 0.6 is 0 Å². The van der Waals surface area contributed by atoms with E-state index in [1.165, 1.54) is 13.0 Å². The molecule has 176 valence electrons. The first kappa shape index (κ1) is 23.1. The number of furan rings is 1. The third-order valence-corrected chi connectivity index (χ3v) is 6.13. The Hall–Kier alpha value is -4.07. The quantitative estimate of drug-likeness (QED) is 0.463. The van der Waals surface area contributed by atoms with E-state index in [0.717, 1.165) is 22.3 Å². The summed E-state index contributed by atoms with van der Waals surface area (Å²) in [5, 5.41) is 14.3. The molecule has 0 fully saturated rings. The maximum absolute atomic E-state index is 12.3. The third-order valence-electron chi connectivity index (χ3n) is 6.13. The van der Waals surface area contributed by atoms with E-state index in [-0.39, 0.29) is 24.8 Å². The summed E-state index contributed by atoms with van der Waals surface area (Å²) >= 11 is 0. The van der Waals surface area contributed by atoms with Crippen molar-refractivity contribution >= 4 is 18.0 Å². The highest BCUT2D eigenvalue weighted by Crippen LogP contribution is 2.44. The second kappa shape index (κ2) is 9.82. The summed E-state index contributed by atoms with van der Waals surface area (Å²) in [6.07, 6.45) is -0.590. The zero-order valence-corrected chi connectivity index (χ0v) is 18.9. The number of hydrogen-bond acceptors (Lipinski definition) is 5. The minimum atomic E-state index is -1.000. The summed E-state index contributed by atoms with van der Waals surface area (Å²) in [7, 11) is 0. The van der Waals surface area contributed by atoms with E-state index >= 15 is 0 Å². The molecular formula is C26H26N2O6. The summed E-state index contributed by atoms with van der Waals surface area (Å²) in [6.45, 7) is 3.37. The Morgan fingerprint density at radius 2 is 1.59 bits per heavy atom. The van der Waals surface area contributed by atoms with Crippen molar-refractivity contribution in [1.29, 1.82) is 0 Å². The van der Waals surface area contributed by atoms with Crippen LogP contribution in [0.5, 0.6) is 0 Å². The molecule has 4 rings (SSSR count). The van der Waals surface area contributed by atoms with Gasteiger partial charge in [-0.3, -0.25) is 9.59 Å². The summed E-state index contributed by atoms with van der Waals surface area (Å²) in [6, 6.07) is 18.7. The molecule has 1 aliphatic rings. The van der Waals surface area contributed by atoms with Crippen molar-refractivity contribution < 1.29 is 28.6 Å². The monoisotopic (exact) mass is 462 g/mol. The summed E-state index contributed by atoms with van der Waals surface area (Å²) < 4.78 is 11.0. The minimum absolute atomic E-state index is 0.0350. The molecule has 0 saturated heterocycles. The Bertz CT molecular complexity index is 1170. The van der Waals surface area contributed by atoms with Crippen molar-refractivity contribution in [1.82, 2.24) is 10.6 Å². The van der Waals surface area contributed by atoms with Gasteiger partial charge in [0.05, 0.1) is 12.5 Å². The van der Waals surface area contributed by atoms with E-state index in [4.69, 9.17) is 14.3 Å². The highest BCUT2D eigenvalue weighted by Gasteiger charge is 2.29. The number of rotatable bonds is 8. The van der Waals surface area contributed by atoms with Crippen LogP contribution in [-0.4, -0.2) is 35.7 Å². The van der Waals surface area contributed by atoms with E-state index in [1.54, 1.807) is 13.0 Å². The molecule has 0 spiro atoms. The van der Waals surface area contributed by atoms with E-state index in [0.29, 0.717) is 5.76 Å². The molecule has 2 amide bonds. The van der Waals surface area contributed by atoms with Crippen LogP contribution in [0.15, 0.2) is 65.1 Å². The largest absolute Gasteiger partial charge is 0.481 e. The van der Waals surface area contributed by atoms with E-state index in [1.807, 2.05) is 24.3 Å². The van der Waals surface area contributed by atoms with Crippen molar-refractivity contribution in [2.24, 2.45) is 5.92 Å². The lowest BCUT2D eigenvalue weighted by molar-refractivity contribution is -0.141. The highest BCUT2D eigenvalue weighted by atomic mass is 16.5. The van der Waals surface area contributed by atoms with Gasteiger partial charge in [-0.2, -0.15) is 0 Å². The number of ether oxygens (including phenoxy) is 1. The summed E-state index contributed by atoms with van der Waals surface area (Å²) in [4.78, 5) is 35.6. The van der Waals surface area contributed by atoms with Gasteiger partial charge in [-0.05, 0) is 48.2 Å². The van der Waals surface area contributed by atoms with Crippen LogP contribution < -0.4 is 10.6 Å². The number of carbonyl (C=O) groups excluding carboxylic acids is 2. The molecule has 8 nitrogen and oxygen atoms in total. The number of alkyl carbamates (subject to hydrolysis) is 1. The van der Waals surface area contributed by atoms with Gasteiger partial charge < -0.3 is 24.9 Å². The Kier molecular flexibility index (Phi) is 6.67. The summed E-state index contributed by atoms with van der Waals surface area (Å²) in [5.41, 5.74) is 4.57. The van der Waals surface area contributed by atoms with Gasteiger partial charge >= 0.3 is 12.1 Å². The highest BCUT2D eigenvalue weighted by molar-refractivity contribution is 5.92. The fraction of sp³-hybridized carbons (Fsp3) is 0.269. The van der Waals surface area contributed by atoms with E-state index in [2.05, 4.69) is 34.9 Å². The number of hydrogen-bond donors (Lipinski definition) is 3. The molecule has 1 aromatic heterocycles. The van der Waals surface area contributed by atoms with Crippen LogP contribution in [0.2, 0.25) is 0 Å². The molecule has 3 N–H and O–H groups in total. The molecule has 2 atom stereocenters. The minimum Gasteiger partial charge on any atom is -0.481 e. The molecule has 0 bridgehead atoms. The first-order chi connectivity index (χ1) is 16.3. The molecule has 3 aromatic rings. The van der Waals surface area contributed by atoms with Crippen molar-refractivity contribution in [3.05, 3.63) is 83.3 Å². The fourth-order valence-corrected chi connectivity index (χ4v) is 4.02. The van der Waals surface area contributed by atoms with Gasteiger partial charge in [-0.15, -0.1) is 0 Å². The van der Waals surface area contributed by atoms with Gasteiger partial charge in [0.2, 0.25) is 0 Å². The number of nitrogens with one attached hydrogen (secondary N) is 2. The SMILES string of the molecule is CC(NC(=O)c1ccc(CNC(=O)OCC2c3ccccc3-c3ccccc32)o1)C(C)C(=O)O. The van der Waals surface area contributed by atoms with Gasteiger partial charge in [0.1, 0.15) is 12.4 Å². The van der Waals surface area contributed by atoms with Crippen LogP contribution in [0.1, 0.15) is 47.2 Å². The predicted molar refractivity (Wildman–Crippen MR) is 124 cm³/mol. The predicted octanol–water partition coefficient (Wildman–Crippen LogP) is 4.16. The molecule has 0 aliphatic heterocycles. The molecule has 8 heteroatoms. The summed E-state index contributed by atoms with van der Waals surface area (Å²) in [5.74, 6) is -1.89. The number of amides is 2. The van der Waals surface area contributed by atoms with Crippen LogP contribution in [0.4, 0.5) is 4.79 Å². The standard InChI is InChI=1S/C26H26N2O6/c1-15(25(30)31)16(2)28-24(29)23-12-11-17(34-23)13-27-26(32)33-14-22-20-9-5-3-7-18(20)19-8-4-6-10-21(19)22/h3-12,15-16,22H,13-14H2,1-2H3,(H,27,32)(H,28,29)(H,30,31). The lowest BCUT2D eigenvalue weighted by Crippen LogP contribution is -2.39. The van der Waals surface area contributed by atoms with Crippen molar-refractivity contribution in [3.63, 3.8) is 0 Å². The number of carboxylic acids is 1. The average molecular weight is 463 g/mol. The normalized spacial score (nSPS) is 13.9. The van der Waals surface area contributed by atoms with Crippen LogP contribution in [0.3, 0.4) is 0 Å². The first-order valence-electron chi connectivity index (χ1n) is 11.1. The average Bonchev–Trinajstić information content (AvgIpc) is 3.44. The van der Waals surface area contributed by atoms with Gasteiger partial charge in [-0.25, -0.2) is 4.79 Å². The van der Waals surface area contributed by atoms with Crippen molar-refractivity contribution in [2.75, 3.05) is 6.61 Å². The number of aliphatic carboxylic acids is 1. The van der Waals surface area contributed by atoms with Crippen molar-refractivity contribution in [3.8, 4) is 11.1 Å². The van der Waals surface area contributed by atoms with Gasteiger partial charge in [0.15, 0.2) is 5.76 Å². The smallest absolute Gasteiger partial charge is 0.407 e. The molecule has 0 saturated carbocycles. The number of carboxylic acid groups (broad SMARTS) is 1. The molecule has 1 heterocycles. The molecule has 2 aromatic carbocycles. The number of fused-ring (bicyclic) bond motifs is 3. The topological polar surface area (TPSA) is 118 Å². The zero-order chi connectivity index (χ0) is 24.2. The molecular weight excluding hydrogens is 436 g/mol. The Morgan fingerprint density at radius 3 is 2.21 bits per heavy atom. The number of benzene rings is 2. The Morgan fingerprint density at radius 1 is 0.971 bits per heavy atom. The maximum Gasteiger partial charge on any atom is 0.407 e. The Balaban J connectivity index is 1.30. The fourth-order valence-electron chi connectivity index (χ4n) is 4.02. The Labute approximate surface area is 196 Å². The molecule has 2 unspecified atom stereocenters. The maximum atomic E-state index is 12.3. The number of carbonyl (C=O) groups is 3. The van der Waals surface area contributed by atoms with Crippen molar-refractivity contribution in [2.45, 2.75) is 32.4 Å². The third kappa shape index (κ3) is 4.80. The molecule has 0 radical (unpaired) electrons. The zero-order valence-electron chi connectivity index (χ0n) is 18.9. The first-order valence-corrected chi connectivity index (χ1v) is 11.1. The van der Waals surface area contributed by atoms with E-state index in [9.17, 15) is 14.4 Å². The van der Waals surface area contributed by atoms with Crippen LogP contribution in [-0.2, 0) is 16.1 Å².